The molecule has 43 heavy (non-hydrogen) atoms. The van der Waals surface area contributed by atoms with Crippen molar-refractivity contribution in [1.29, 1.82) is 0 Å². The minimum Gasteiger partial charge on any atom is -0.309 e. The number of hydrogen-bond donors (Lipinski definition) is 0. The Bertz CT molecular complexity index is 2000. The van der Waals surface area contributed by atoms with Crippen LogP contribution in [0.25, 0.3) is 39.9 Å². The maximum Gasteiger partial charge on any atom is 0.145 e. The van der Waals surface area contributed by atoms with E-state index in [1.54, 1.807) is 0 Å². The zero-order chi connectivity index (χ0) is 28.6. The first-order valence-electron chi connectivity index (χ1n) is 14.4. The number of imidazole rings is 1. The summed E-state index contributed by atoms with van der Waals surface area (Å²) in [5, 5.41) is 0. The molecule has 1 aliphatic heterocycles. The number of benzene rings is 3. The number of pyridine rings is 2. The number of anilines is 2. The molecular weight excluding hydrogens is 547 g/mol. The van der Waals surface area contributed by atoms with E-state index >= 15 is 0 Å². The van der Waals surface area contributed by atoms with Crippen LogP contribution in [0.5, 0.6) is 0 Å². The van der Waals surface area contributed by atoms with Crippen molar-refractivity contribution in [2.75, 3.05) is 4.90 Å². The van der Waals surface area contributed by atoms with Gasteiger partial charge in [-0.25, -0.2) is 4.98 Å². The summed E-state index contributed by atoms with van der Waals surface area (Å²) in [4.78, 5) is 19.9. The van der Waals surface area contributed by atoms with Crippen LogP contribution in [0.3, 0.4) is 0 Å². The van der Waals surface area contributed by atoms with Gasteiger partial charge in [0.25, 0.3) is 0 Å². The van der Waals surface area contributed by atoms with Gasteiger partial charge < -0.3 is 4.90 Å². The molecule has 0 spiro atoms. The van der Waals surface area contributed by atoms with Crippen molar-refractivity contribution in [1.82, 2.24) is 19.5 Å². The Morgan fingerprint density at radius 2 is 1.42 bits per heavy atom. The number of para-hydroxylation sites is 2. The van der Waals surface area contributed by atoms with Crippen molar-refractivity contribution >= 4 is 23.1 Å². The molecule has 3 aromatic heterocycles. The van der Waals surface area contributed by atoms with E-state index in [1.165, 1.54) is 21.2 Å². The van der Waals surface area contributed by atoms with Gasteiger partial charge in [0.05, 0.1) is 22.8 Å². The van der Waals surface area contributed by atoms with Gasteiger partial charge in [0.1, 0.15) is 17.2 Å². The third-order valence-electron chi connectivity index (χ3n) is 7.75. The predicted octanol–water partition coefficient (Wildman–Crippen LogP) is 9.47. The second-order valence-corrected chi connectivity index (χ2v) is 11.6. The lowest BCUT2D eigenvalue weighted by Gasteiger charge is -2.35. The summed E-state index contributed by atoms with van der Waals surface area (Å²) in [6, 6.07) is 39.7. The van der Waals surface area contributed by atoms with Crippen LogP contribution in [-0.2, 0) is 0 Å². The van der Waals surface area contributed by atoms with Crippen molar-refractivity contribution in [3.8, 4) is 39.9 Å². The highest BCUT2D eigenvalue weighted by atomic mass is 32.2. The largest absolute Gasteiger partial charge is 0.309 e. The fourth-order valence-electron chi connectivity index (χ4n) is 5.85. The summed E-state index contributed by atoms with van der Waals surface area (Å²) in [5.41, 5.74) is 8.92. The van der Waals surface area contributed by atoms with Gasteiger partial charge in [0, 0.05) is 39.1 Å². The van der Waals surface area contributed by atoms with Gasteiger partial charge in [0.2, 0.25) is 0 Å². The first kappa shape index (κ1) is 25.5. The summed E-state index contributed by atoms with van der Waals surface area (Å²) in [6.45, 7) is 0. The van der Waals surface area contributed by atoms with Gasteiger partial charge in [0.15, 0.2) is 0 Å². The van der Waals surface area contributed by atoms with Gasteiger partial charge in [-0.3, -0.25) is 14.5 Å². The highest BCUT2D eigenvalue weighted by molar-refractivity contribution is 8.03. The van der Waals surface area contributed by atoms with Crippen LogP contribution < -0.4 is 4.90 Å². The topological polar surface area (TPSA) is 46.8 Å². The lowest BCUT2D eigenvalue weighted by Crippen LogP contribution is -2.21. The molecular formula is C37H27N5S. The lowest BCUT2D eigenvalue weighted by atomic mass is 10.1. The Labute approximate surface area is 254 Å². The number of thioether (sulfide) groups is 1. The fourth-order valence-corrected chi connectivity index (χ4v) is 7.01. The quantitative estimate of drug-likeness (QED) is 0.206. The molecule has 3 aromatic carbocycles. The number of aromatic nitrogens is 4. The summed E-state index contributed by atoms with van der Waals surface area (Å²) in [6.07, 6.45) is 10.3. The maximum atomic E-state index is 5.33. The zero-order valence-corrected chi connectivity index (χ0v) is 24.2. The molecule has 206 valence electrons. The Morgan fingerprint density at radius 1 is 0.674 bits per heavy atom. The highest BCUT2D eigenvalue weighted by Gasteiger charge is 2.28. The standard InChI is InChI=1S/C37H27N5S/c1-2-14-27(15-3-1)42-36(30-18-9-11-24-39-30)35(29-17-8-10-23-38-29)40-37(42)26-13-12-16-28(25-26)41-31-19-4-6-21-33(31)43-34-22-7-5-20-32(34)41/h1-6,8-21,23-25H,7,22H2. The molecule has 0 amide bonds. The van der Waals surface area contributed by atoms with Crippen molar-refractivity contribution in [2.24, 2.45) is 0 Å². The number of allylic oxidation sites excluding steroid dienone is 3. The van der Waals surface area contributed by atoms with E-state index in [1.807, 2.05) is 66.6 Å². The first-order chi connectivity index (χ1) is 21.3. The van der Waals surface area contributed by atoms with Crippen LogP contribution in [0, 0.1) is 0 Å². The number of hydrogen-bond acceptors (Lipinski definition) is 5. The van der Waals surface area contributed by atoms with Crippen LogP contribution in [-0.4, -0.2) is 19.5 Å². The molecule has 6 aromatic rings. The van der Waals surface area contributed by atoms with E-state index in [9.17, 15) is 0 Å². The van der Waals surface area contributed by atoms with E-state index in [0.29, 0.717) is 0 Å². The molecule has 2 aliphatic rings. The third kappa shape index (κ3) is 4.57. The van der Waals surface area contributed by atoms with Gasteiger partial charge in [-0.05, 0) is 79.6 Å². The SMILES string of the molecule is C1=CC2=C(CC1)Sc1ccccc1N2c1cccc(-c2nc(-c3ccccn3)c(-c3ccccn3)n2-c2ccccc2)c1. The molecule has 0 radical (unpaired) electrons. The van der Waals surface area contributed by atoms with E-state index < -0.39 is 0 Å². The molecule has 6 heteroatoms. The number of rotatable bonds is 5. The van der Waals surface area contributed by atoms with Gasteiger partial charge in [-0.2, -0.15) is 0 Å². The van der Waals surface area contributed by atoms with Gasteiger partial charge in [-0.15, -0.1) is 0 Å². The van der Waals surface area contributed by atoms with Crippen LogP contribution >= 0.6 is 11.8 Å². The Balaban J connectivity index is 1.37. The molecule has 0 unspecified atom stereocenters. The normalized spacial score (nSPS) is 14.0. The van der Waals surface area contributed by atoms with Crippen molar-refractivity contribution in [3.05, 3.63) is 150 Å². The summed E-state index contributed by atoms with van der Waals surface area (Å²) < 4.78 is 2.22. The molecule has 0 N–H and O–H groups in total. The lowest BCUT2D eigenvalue weighted by molar-refractivity contribution is 0.969. The van der Waals surface area contributed by atoms with Gasteiger partial charge in [-0.1, -0.05) is 72.4 Å². The molecule has 0 atom stereocenters. The van der Waals surface area contributed by atoms with E-state index in [0.717, 1.165) is 58.4 Å². The molecule has 0 bridgehead atoms. The third-order valence-corrected chi connectivity index (χ3v) is 8.97. The molecule has 1 aliphatic carbocycles. The minimum atomic E-state index is 0.795. The second kappa shape index (κ2) is 10.9. The first-order valence-corrected chi connectivity index (χ1v) is 15.2. The highest BCUT2D eigenvalue weighted by Crippen LogP contribution is 2.50. The zero-order valence-electron chi connectivity index (χ0n) is 23.3. The summed E-state index contributed by atoms with van der Waals surface area (Å²) in [5.74, 6) is 0.836. The average molecular weight is 574 g/mol. The van der Waals surface area contributed by atoms with Gasteiger partial charge >= 0.3 is 0 Å². The molecule has 0 saturated heterocycles. The van der Waals surface area contributed by atoms with Crippen LogP contribution in [0.15, 0.2) is 155 Å². The van der Waals surface area contributed by atoms with Crippen molar-refractivity contribution in [2.45, 2.75) is 17.7 Å². The number of fused-ring (bicyclic) bond motifs is 1. The van der Waals surface area contributed by atoms with E-state index in [4.69, 9.17) is 15.0 Å². The maximum absolute atomic E-state index is 5.33. The molecule has 5 nitrogen and oxygen atoms in total. The molecule has 4 heterocycles. The summed E-state index contributed by atoms with van der Waals surface area (Å²) in [7, 11) is 0. The van der Waals surface area contributed by atoms with Crippen LogP contribution in [0.2, 0.25) is 0 Å². The van der Waals surface area contributed by atoms with Crippen molar-refractivity contribution < 1.29 is 0 Å². The smallest absolute Gasteiger partial charge is 0.145 e. The van der Waals surface area contributed by atoms with Crippen LogP contribution in [0.4, 0.5) is 11.4 Å². The Hall–Kier alpha value is -5.20. The van der Waals surface area contributed by atoms with Crippen molar-refractivity contribution in [3.63, 3.8) is 0 Å². The Morgan fingerprint density at radius 3 is 2.23 bits per heavy atom. The minimum absolute atomic E-state index is 0.795. The average Bonchev–Trinajstić information content (AvgIpc) is 3.49. The fraction of sp³-hybridized carbons (Fsp3) is 0.0541. The number of nitrogens with zero attached hydrogens (tertiary/aromatic N) is 5. The Kier molecular flexibility index (Phi) is 6.46. The van der Waals surface area contributed by atoms with E-state index in [-0.39, 0.29) is 0 Å². The molecule has 8 rings (SSSR count). The molecule has 0 saturated carbocycles. The second-order valence-electron chi connectivity index (χ2n) is 10.4. The molecule has 0 fully saturated rings. The van der Waals surface area contributed by atoms with Crippen LogP contribution in [0.1, 0.15) is 12.8 Å². The predicted molar refractivity (Wildman–Crippen MR) is 175 cm³/mol. The summed E-state index contributed by atoms with van der Waals surface area (Å²) >= 11 is 1.90. The van der Waals surface area contributed by atoms with E-state index in [2.05, 4.69) is 94.4 Å². The monoisotopic (exact) mass is 573 g/mol.